The number of hydrogen-bond donors (Lipinski definition) is 0. The van der Waals surface area contributed by atoms with Gasteiger partial charge in [0.05, 0.1) is 18.9 Å². The van der Waals surface area contributed by atoms with Gasteiger partial charge in [-0.15, -0.1) is 0 Å². The first kappa shape index (κ1) is 9.66. The summed E-state index contributed by atoms with van der Waals surface area (Å²) in [6, 6.07) is 4.20. The lowest BCUT2D eigenvalue weighted by Gasteiger charge is -2.31. The third kappa shape index (κ3) is 1.67. The average Bonchev–Trinajstić information content (AvgIpc) is 2.00. The first-order valence-electron chi connectivity index (χ1n) is 5.12. The second-order valence-electron chi connectivity index (χ2n) is 4.92. The number of aromatic nitrogens is 1. The highest BCUT2D eigenvalue weighted by atomic mass is 16.5. The summed E-state index contributed by atoms with van der Waals surface area (Å²) in [5.74, 6) is 0.519. The highest BCUT2D eigenvalue weighted by molar-refractivity contribution is 5.30. The third-order valence-electron chi connectivity index (χ3n) is 2.67. The normalized spacial score (nSPS) is 17.9. The molecule has 2 heterocycles. The Hall–Kier alpha value is -0.890. The van der Waals surface area contributed by atoms with Crippen molar-refractivity contribution in [3.05, 3.63) is 29.6 Å². The summed E-state index contributed by atoms with van der Waals surface area (Å²) in [6.45, 7) is 8.35. The molecule has 0 saturated carbocycles. The lowest BCUT2D eigenvalue weighted by atomic mass is 9.82. The summed E-state index contributed by atoms with van der Waals surface area (Å²) in [5.41, 5.74) is 2.76. The van der Waals surface area contributed by atoms with Crippen LogP contribution in [0.15, 0.2) is 18.3 Å². The molecule has 1 saturated heterocycles. The maximum Gasteiger partial charge on any atom is 0.0572 e. The number of ether oxygens (including phenoxy) is 1. The SMILES string of the molecule is CC(C)(C)c1cccnc1C1COC1. The molecule has 0 spiro atoms. The van der Waals surface area contributed by atoms with Crippen LogP contribution in [0.3, 0.4) is 0 Å². The molecule has 1 aliphatic rings. The Kier molecular flexibility index (Phi) is 2.31. The van der Waals surface area contributed by atoms with Crippen molar-refractivity contribution in [3.63, 3.8) is 0 Å². The molecule has 1 aromatic rings. The van der Waals surface area contributed by atoms with Gasteiger partial charge < -0.3 is 4.74 Å². The van der Waals surface area contributed by atoms with Crippen molar-refractivity contribution in [1.82, 2.24) is 4.98 Å². The Balaban J connectivity index is 2.38. The van der Waals surface area contributed by atoms with Crippen LogP contribution in [0.25, 0.3) is 0 Å². The van der Waals surface area contributed by atoms with E-state index in [1.165, 1.54) is 11.3 Å². The molecule has 0 aromatic carbocycles. The number of pyridine rings is 1. The zero-order valence-corrected chi connectivity index (χ0v) is 9.08. The van der Waals surface area contributed by atoms with Crippen LogP contribution in [0.2, 0.25) is 0 Å². The molecule has 1 aliphatic heterocycles. The van der Waals surface area contributed by atoms with E-state index in [-0.39, 0.29) is 5.41 Å². The highest BCUT2D eigenvalue weighted by Crippen LogP contribution is 2.32. The molecule has 0 aliphatic carbocycles. The van der Waals surface area contributed by atoms with Crippen molar-refractivity contribution < 1.29 is 4.74 Å². The van der Waals surface area contributed by atoms with Gasteiger partial charge in [-0.25, -0.2) is 0 Å². The summed E-state index contributed by atoms with van der Waals surface area (Å²) in [6.07, 6.45) is 1.88. The average molecular weight is 191 g/mol. The van der Waals surface area contributed by atoms with E-state index < -0.39 is 0 Å². The lowest BCUT2D eigenvalue weighted by Crippen LogP contribution is -2.29. The molecule has 1 aromatic heterocycles. The van der Waals surface area contributed by atoms with Gasteiger partial charge in [-0.2, -0.15) is 0 Å². The lowest BCUT2D eigenvalue weighted by molar-refractivity contribution is 0.00602. The standard InChI is InChI=1S/C12H17NO/c1-12(2,3)10-5-4-6-13-11(10)9-7-14-8-9/h4-6,9H,7-8H2,1-3H3. The fourth-order valence-electron chi connectivity index (χ4n) is 1.77. The summed E-state index contributed by atoms with van der Waals surface area (Å²) in [4.78, 5) is 4.49. The minimum atomic E-state index is 0.180. The van der Waals surface area contributed by atoms with Crippen LogP contribution in [0, 0.1) is 0 Å². The number of hydrogen-bond acceptors (Lipinski definition) is 2. The topological polar surface area (TPSA) is 22.1 Å². The summed E-state index contributed by atoms with van der Waals surface area (Å²) in [5, 5.41) is 0. The van der Waals surface area contributed by atoms with E-state index in [4.69, 9.17) is 4.74 Å². The molecule has 2 rings (SSSR count). The van der Waals surface area contributed by atoms with Crippen molar-refractivity contribution >= 4 is 0 Å². The van der Waals surface area contributed by atoms with E-state index in [0.717, 1.165) is 13.2 Å². The van der Waals surface area contributed by atoms with Crippen molar-refractivity contribution in [2.75, 3.05) is 13.2 Å². The number of nitrogens with zero attached hydrogens (tertiary/aromatic N) is 1. The second kappa shape index (κ2) is 3.35. The molecule has 0 bridgehead atoms. The smallest absolute Gasteiger partial charge is 0.0572 e. The van der Waals surface area contributed by atoms with Gasteiger partial charge in [-0.1, -0.05) is 26.8 Å². The molecule has 2 heteroatoms. The Bertz CT molecular complexity index is 323. The van der Waals surface area contributed by atoms with Gasteiger partial charge in [0.25, 0.3) is 0 Å². The predicted octanol–water partition coefficient (Wildman–Crippen LogP) is 2.49. The van der Waals surface area contributed by atoms with Crippen LogP contribution in [0.1, 0.15) is 37.9 Å². The van der Waals surface area contributed by atoms with Gasteiger partial charge in [0.1, 0.15) is 0 Å². The van der Waals surface area contributed by atoms with Gasteiger partial charge >= 0.3 is 0 Å². The van der Waals surface area contributed by atoms with Crippen LogP contribution < -0.4 is 0 Å². The van der Waals surface area contributed by atoms with Crippen molar-refractivity contribution in [2.24, 2.45) is 0 Å². The Morgan fingerprint density at radius 3 is 2.57 bits per heavy atom. The van der Waals surface area contributed by atoms with Crippen LogP contribution >= 0.6 is 0 Å². The first-order valence-corrected chi connectivity index (χ1v) is 5.12. The molecule has 0 radical (unpaired) electrons. The zero-order chi connectivity index (χ0) is 10.2. The van der Waals surface area contributed by atoms with Crippen LogP contribution in [0.4, 0.5) is 0 Å². The van der Waals surface area contributed by atoms with E-state index in [1.807, 2.05) is 12.3 Å². The molecule has 2 nitrogen and oxygen atoms in total. The predicted molar refractivity (Wildman–Crippen MR) is 56.5 cm³/mol. The van der Waals surface area contributed by atoms with Crippen LogP contribution in [-0.4, -0.2) is 18.2 Å². The number of rotatable bonds is 1. The highest BCUT2D eigenvalue weighted by Gasteiger charge is 2.28. The quantitative estimate of drug-likeness (QED) is 0.680. The van der Waals surface area contributed by atoms with E-state index in [1.54, 1.807) is 0 Å². The molecule has 14 heavy (non-hydrogen) atoms. The Labute approximate surface area is 85.3 Å². The molecule has 0 unspecified atom stereocenters. The summed E-state index contributed by atoms with van der Waals surface area (Å²) >= 11 is 0. The molecular formula is C12H17NO. The molecule has 0 atom stereocenters. The van der Waals surface area contributed by atoms with Gasteiger partial charge in [0.2, 0.25) is 0 Å². The van der Waals surface area contributed by atoms with Crippen LogP contribution in [0.5, 0.6) is 0 Å². The maximum absolute atomic E-state index is 5.22. The van der Waals surface area contributed by atoms with Crippen molar-refractivity contribution in [3.8, 4) is 0 Å². The van der Waals surface area contributed by atoms with Crippen molar-refractivity contribution in [2.45, 2.75) is 32.1 Å². The van der Waals surface area contributed by atoms with Gasteiger partial charge in [0, 0.05) is 12.1 Å². The van der Waals surface area contributed by atoms with E-state index in [2.05, 4.69) is 31.8 Å². The Morgan fingerprint density at radius 1 is 1.36 bits per heavy atom. The fourth-order valence-corrected chi connectivity index (χ4v) is 1.77. The van der Waals surface area contributed by atoms with Gasteiger partial charge in [-0.05, 0) is 17.0 Å². The van der Waals surface area contributed by atoms with Gasteiger partial charge in [0.15, 0.2) is 0 Å². The van der Waals surface area contributed by atoms with E-state index >= 15 is 0 Å². The minimum absolute atomic E-state index is 0.180. The largest absolute Gasteiger partial charge is 0.380 e. The summed E-state index contributed by atoms with van der Waals surface area (Å²) < 4.78 is 5.22. The first-order chi connectivity index (χ1) is 6.59. The molecule has 0 N–H and O–H groups in total. The zero-order valence-electron chi connectivity index (χ0n) is 9.08. The Morgan fingerprint density at radius 2 is 2.07 bits per heavy atom. The molecular weight excluding hydrogens is 174 g/mol. The van der Waals surface area contributed by atoms with Crippen molar-refractivity contribution in [1.29, 1.82) is 0 Å². The molecule has 0 amide bonds. The molecule has 1 fully saturated rings. The van der Waals surface area contributed by atoms with Gasteiger partial charge in [-0.3, -0.25) is 4.98 Å². The summed E-state index contributed by atoms with van der Waals surface area (Å²) in [7, 11) is 0. The fraction of sp³-hybridized carbons (Fsp3) is 0.583. The van der Waals surface area contributed by atoms with E-state index in [0.29, 0.717) is 5.92 Å². The maximum atomic E-state index is 5.22. The monoisotopic (exact) mass is 191 g/mol. The third-order valence-corrected chi connectivity index (χ3v) is 2.67. The second-order valence-corrected chi connectivity index (χ2v) is 4.92. The molecule has 76 valence electrons. The van der Waals surface area contributed by atoms with Crippen LogP contribution in [-0.2, 0) is 10.2 Å². The minimum Gasteiger partial charge on any atom is -0.380 e. The van der Waals surface area contributed by atoms with E-state index in [9.17, 15) is 0 Å².